The lowest BCUT2D eigenvalue weighted by atomic mass is 9.96. The number of aryl methyl sites for hydroxylation is 1. The first-order valence-electron chi connectivity index (χ1n) is 11.0. The van der Waals surface area contributed by atoms with Crippen LogP contribution in [0.5, 0.6) is 0 Å². The second-order valence-electron chi connectivity index (χ2n) is 8.57. The number of hydrogen-bond donors (Lipinski definition) is 2. The van der Waals surface area contributed by atoms with Gasteiger partial charge in [0.2, 0.25) is 5.91 Å². The van der Waals surface area contributed by atoms with Crippen molar-refractivity contribution >= 4 is 23.3 Å². The van der Waals surface area contributed by atoms with E-state index in [0.717, 1.165) is 30.6 Å². The van der Waals surface area contributed by atoms with Gasteiger partial charge in [0.05, 0.1) is 6.04 Å². The number of benzene rings is 2. The molecule has 2 aromatic carbocycles. The van der Waals surface area contributed by atoms with Crippen molar-refractivity contribution in [3.05, 3.63) is 59.7 Å². The lowest BCUT2D eigenvalue weighted by Gasteiger charge is -2.36. The van der Waals surface area contributed by atoms with Gasteiger partial charge in [-0.05, 0) is 62.9 Å². The number of piperidine rings is 1. The average molecular weight is 443 g/mol. The molecular weight excluding hydrogens is 414 g/mol. The molecule has 2 fully saturated rings. The largest absolute Gasteiger partial charge is 0.338 e. The molecule has 170 valence electrons. The molecule has 32 heavy (non-hydrogen) atoms. The van der Waals surface area contributed by atoms with Crippen LogP contribution in [0.2, 0.25) is 0 Å². The van der Waals surface area contributed by atoms with Crippen molar-refractivity contribution < 1.29 is 18.4 Å². The van der Waals surface area contributed by atoms with Crippen molar-refractivity contribution in [1.29, 1.82) is 0 Å². The van der Waals surface area contributed by atoms with Gasteiger partial charge in [-0.25, -0.2) is 13.6 Å². The second kappa shape index (κ2) is 9.65. The number of anilines is 2. The highest BCUT2D eigenvalue weighted by Crippen LogP contribution is 2.31. The molecule has 2 aliphatic rings. The third kappa shape index (κ3) is 4.91. The third-order valence-corrected chi connectivity index (χ3v) is 6.24. The summed E-state index contributed by atoms with van der Waals surface area (Å²) in [7, 11) is 0. The number of hydrogen-bond acceptors (Lipinski definition) is 3. The Balaban J connectivity index is 1.31. The maximum atomic E-state index is 14.2. The summed E-state index contributed by atoms with van der Waals surface area (Å²) in [5.41, 5.74) is 1.59. The van der Waals surface area contributed by atoms with E-state index in [1.165, 1.54) is 23.1 Å². The zero-order chi connectivity index (χ0) is 22.7. The minimum absolute atomic E-state index is 0.208. The number of nitrogens with zero attached hydrogens (tertiary/aromatic N) is 2. The van der Waals surface area contributed by atoms with Crippen LogP contribution in [0, 0.1) is 24.5 Å². The summed E-state index contributed by atoms with van der Waals surface area (Å²) in [6.45, 7) is 4.20. The van der Waals surface area contributed by atoms with Crippen molar-refractivity contribution in [1.82, 2.24) is 10.2 Å². The first-order valence-corrected chi connectivity index (χ1v) is 11.0. The van der Waals surface area contributed by atoms with Crippen LogP contribution in [-0.2, 0) is 4.79 Å². The minimum atomic E-state index is -0.723. The summed E-state index contributed by atoms with van der Waals surface area (Å²) in [6, 6.07) is 10.6. The monoisotopic (exact) mass is 442 g/mol. The van der Waals surface area contributed by atoms with Gasteiger partial charge in [0.25, 0.3) is 0 Å². The van der Waals surface area contributed by atoms with Crippen molar-refractivity contribution in [2.24, 2.45) is 5.92 Å². The first-order chi connectivity index (χ1) is 15.4. The van der Waals surface area contributed by atoms with E-state index in [-0.39, 0.29) is 23.5 Å². The van der Waals surface area contributed by atoms with E-state index in [1.807, 2.05) is 31.2 Å². The van der Waals surface area contributed by atoms with E-state index in [0.29, 0.717) is 26.1 Å². The Morgan fingerprint density at radius 3 is 2.50 bits per heavy atom. The van der Waals surface area contributed by atoms with Gasteiger partial charge in [-0.15, -0.1) is 0 Å². The number of urea groups is 1. The smallest absolute Gasteiger partial charge is 0.319 e. The fraction of sp³-hybridized carbons (Fsp3) is 0.417. The van der Waals surface area contributed by atoms with Gasteiger partial charge >= 0.3 is 6.03 Å². The predicted octanol–water partition coefficient (Wildman–Crippen LogP) is 3.91. The van der Waals surface area contributed by atoms with Crippen molar-refractivity contribution in [3.8, 4) is 0 Å². The maximum Gasteiger partial charge on any atom is 0.319 e. The summed E-state index contributed by atoms with van der Waals surface area (Å²) in [5.74, 6) is -1.50. The summed E-state index contributed by atoms with van der Waals surface area (Å²) in [5, 5.41) is 5.74. The van der Waals surface area contributed by atoms with Gasteiger partial charge in [-0.3, -0.25) is 9.69 Å². The highest BCUT2D eigenvalue weighted by Gasteiger charge is 2.40. The molecule has 0 spiro atoms. The number of carbonyl (C=O) groups is 2. The van der Waals surface area contributed by atoms with Crippen LogP contribution >= 0.6 is 0 Å². The molecule has 6 nitrogen and oxygen atoms in total. The highest BCUT2D eigenvalue weighted by molar-refractivity contribution is 5.99. The third-order valence-electron chi connectivity index (χ3n) is 6.24. The molecule has 2 aromatic rings. The Labute approximate surface area is 186 Å². The predicted molar refractivity (Wildman–Crippen MR) is 120 cm³/mol. The van der Waals surface area contributed by atoms with Gasteiger partial charge in [0.1, 0.15) is 17.3 Å². The number of amides is 3. The van der Waals surface area contributed by atoms with Gasteiger partial charge < -0.3 is 15.5 Å². The number of halogens is 2. The van der Waals surface area contributed by atoms with Gasteiger partial charge in [0, 0.05) is 25.3 Å². The van der Waals surface area contributed by atoms with Crippen molar-refractivity contribution in [2.75, 3.05) is 36.4 Å². The molecule has 2 atom stereocenters. The summed E-state index contributed by atoms with van der Waals surface area (Å²) in [4.78, 5) is 28.5. The summed E-state index contributed by atoms with van der Waals surface area (Å²) in [6.07, 6.45) is 2.39. The summed E-state index contributed by atoms with van der Waals surface area (Å²) >= 11 is 0. The van der Waals surface area contributed by atoms with Gasteiger partial charge in [-0.1, -0.05) is 23.8 Å². The molecule has 2 unspecified atom stereocenters. The number of para-hydroxylation sites is 1. The number of rotatable bonds is 5. The molecule has 2 aliphatic heterocycles. The quantitative estimate of drug-likeness (QED) is 0.738. The molecule has 0 bridgehead atoms. The summed E-state index contributed by atoms with van der Waals surface area (Å²) < 4.78 is 28.3. The van der Waals surface area contributed by atoms with Crippen LogP contribution in [0.1, 0.15) is 24.8 Å². The number of nitrogens with one attached hydrogen (secondary N) is 2. The lowest BCUT2D eigenvalue weighted by molar-refractivity contribution is -0.122. The molecule has 3 amide bonds. The standard InChI is InChI=1S/C24H28F2N4O2/c1-16-7-9-18(10-8-16)28-24(32)27-14-17-4-3-12-29(15-17)21-11-13-30(23(21)31)22-19(25)5-2-6-20(22)26/h2,5-10,17,21H,3-4,11-15H2,1H3,(H2,27,28,32). The fourth-order valence-corrected chi connectivity index (χ4v) is 4.57. The Bertz CT molecular complexity index is 962. The molecule has 2 saturated heterocycles. The molecule has 8 heteroatoms. The highest BCUT2D eigenvalue weighted by atomic mass is 19.1. The van der Waals surface area contributed by atoms with Crippen molar-refractivity contribution in [2.45, 2.75) is 32.2 Å². The van der Waals surface area contributed by atoms with E-state index in [1.54, 1.807) is 0 Å². The Hall–Kier alpha value is -3.00. The van der Waals surface area contributed by atoms with E-state index in [9.17, 15) is 18.4 Å². The van der Waals surface area contributed by atoms with Gasteiger partial charge in [0.15, 0.2) is 0 Å². The number of likely N-dealkylation sites (tertiary alicyclic amines) is 1. The molecule has 2 N–H and O–H groups in total. The SMILES string of the molecule is Cc1ccc(NC(=O)NCC2CCCN(C3CCN(c4c(F)cccc4F)C3=O)C2)cc1. The molecule has 0 aliphatic carbocycles. The number of carbonyl (C=O) groups excluding carboxylic acids is 2. The Morgan fingerprint density at radius 1 is 1.06 bits per heavy atom. The topological polar surface area (TPSA) is 64.7 Å². The van der Waals surface area contributed by atoms with Crippen molar-refractivity contribution in [3.63, 3.8) is 0 Å². The second-order valence-corrected chi connectivity index (χ2v) is 8.57. The molecular formula is C24H28F2N4O2. The lowest BCUT2D eigenvalue weighted by Crippen LogP contribution is -2.49. The molecule has 0 saturated carbocycles. The van der Waals surface area contributed by atoms with Crippen LogP contribution in [0.3, 0.4) is 0 Å². The van der Waals surface area contributed by atoms with Crippen LogP contribution in [-0.4, -0.2) is 49.1 Å². The molecule has 4 rings (SSSR count). The van der Waals surface area contributed by atoms with E-state index in [2.05, 4.69) is 15.5 Å². The van der Waals surface area contributed by atoms with Crippen LogP contribution < -0.4 is 15.5 Å². The molecule has 0 aromatic heterocycles. The fourth-order valence-electron chi connectivity index (χ4n) is 4.57. The van der Waals surface area contributed by atoms with Crippen LogP contribution in [0.15, 0.2) is 42.5 Å². The first kappa shape index (κ1) is 22.2. The zero-order valence-electron chi connectivity index (χ0n) is 18.1. The van der Waals surface area contributed by atoms with Gasteiger partial charge in [-0.2, -0.15) is 0 Å². The average Bonchev–Trinajstić information content (AvgIpc) is 3.15. The molecule has 2 heterocycles. The van der Waals surface area contributed by atoms with E-state index >= 15 is 0 Å². The minimum Gasteiger partial charge on any atom is -0.338 e. The molecule has 0 radical (unpaired) electrons. The zero-order valence-corrected chi connectivity index (χ0v) is 18.1. The maximum absolute atomic E-state index is 14.2. The van der Waals surface area contributed by atoms with Crippen LogP contribution in [0.4, 0.5) is 25.0 Å². The Kier molecular flexibility index (Phi) is 6.69. The van der Waals surface area contributed by atoms with E-state index < -0.39 is 17.7 Å². The normalized spacial score (nSPS) is 21.6. The Morgan fingerprint density at radius 2 is 1.78 bits per heavy atom. The van der Waals surface area contributed by atoms with Crippen LogP contribution in [0.25, 0.3) is 0 Å². The van der Waals surface area contributed by atoms with E-state index in [4.69, 9.17) is 0 Å².